The largest absolute Gasteiger partial charge is 0.606 e. The molecule has 3 atom stereocenters. The number of hydroxylamine groups is 1. The number of aromatic amines is 1. The van der Waals surface area contributed by atoms with Gasteiger partial charge in [0.15, 0.2) is 0 Å². The number of quaternary nitrogens is 1. The fraction of sp³-hybridized carbons (Fsp3) is 0.323. The van der Waals surface area contributed by atoms with Gasteiger partial charge in [0, 0.05) is 56.9 Å². The molecule has 3 N–H and O–H groups in total. The number of fused-ring (bicyclic) bond motifs is 9. The first-order valence-electron chi connectivity index (χ1n) is 13.8. The molecule has 1 aromatic heterocycles. The molecule has 198 valence electrons. The number of benzene rings is 2. The Balaban J connectivity index is 1.43. The average molecular weight is 521 g/mol. The van der Waals surface area contributed by atoms with Crippen molar-refractivity contribution in [3.8, 4) is 0 Å². The van der Waals surface area contributed by atoms with Crippen LogP contribution in [0, 0.1) is 17.0 Å². The highest BCUT2D eigenvalue weighted by molar-refractivity contribution is 6.25. The number of hydrogen-bond donors (Lipinski definition) is 3. The van der Waals surface area contributed by atoms with Gasteiger partial charge in [0.1, 0.15) is 18.1 Å². The molecule has 8 heteroatoms. The molecule has 3 aromatic rings. The lowest BCUT2D eigenvalue weighted by atomic mass is 9.84. The number of carbonyl (C=O) groups is 1. The maximum Gasteiger partial charge on any atom is 0.327 e. The monoisotopic (exact) mass is 520 g/mol. The molecule has 0 saturated carbocycles. The first-order chi connectivity index (χ1) is 18.9. The van der Waals surface area contributed by atoms with Crippen molar-refractivity contribution in [2.24, 2.45) is 21.9 Å². The molecule has 4 aliphatic rings. The number of aromatic nitrogens is 1. The standard InChI is InChI=1S/C31H32N6O2/c1-4-8-18-11-12-20-24(14-18)33-29-21-13-17(2)28-23(16-37(39)35-28)25(21)22-15-32-30(27(22)26(20)29)34-31(38)36(3)19-9-6-5-7-10-19/h5-7,9-13,17-18,33,37H,4,8,14-16H2,1-3H3,(H,32,34,38). The van der Waals surface area contributed by atoms with Crippen LogP contribution in [0.2, 0.25) is 0 Å². The highest BCUT2D eigenvalue weighted by atomic mass is 16.5. The van der Waals surface area contributed by atoms with Crippen molar-refractivity contribution < 1.29 is 9.97 Å². The highest BCUT2D eigenvalue weighted by Gasteiger charge is 2.35. The van der Waals surface area contributed by atoms with Crippen LogP contribution in [-0.4, -0.2) is 36.2 Å². The van der Waals surface area contributed by atoms with Crippen LogP contribution in [0.15, 0.2) is 46.5 Å². The Hall–Kier alpha value is -4.01. The zero-order valence-electron chi connectivity index (χ0n) is 22.5. The number of carbonyl (C=O) groups excluding carboxylic acids is 1. The predicted octanol–water partition coefficient (Wildman–Crippen LogP) is 2.59. The van der Waals surface area contributed by atoms with Gasteiger partial charge in [-0.2, -0.15) is 0 Å². The van der Waals surface area contributed by atoms with Crippen LogP contribution < -0.4 is 25.8 Å². The number of hydrogen-bond acceptors (Lipinski definition) is 4. The average Bonchev–Trinajstić information content (AvgIpc) is 3.63. The Bertz CT molecular complexity index is 1750. The molecular weight excluding hydrogens is 488 g/mol. The molecule has 7 rings (SSSR count). The molecule has 2 amide bonds. The summed E-state index contributed by atoms with van der Waals surface area (Å²) < 4.78 is 0. The second-order valence-corrected chi connectivity index (χ2v) is 11.0. The van der Waals surface area contributed by atoms with E-state index in [0.29, 0.717) is 24.8 Å². The van der Waals surface area contributed by atoms with Crippen LogP contribution in [0.1, 0.15) is 49.1 Å². The third-order valence-electron chi connectivity index (χ3n) is 8.51. The fourth-order valence-electron chi connectivity index (χ4n) is 6.70. The maximum absolute atomic E-state index is 13.4. The van der Waals surface area contributed by atoms with E-state index in [2.05, 4.69) is 47.5 Å². The molecule has 2 aliphatic carbocycles. The van der Waals surface area contributed by atoms with Gasteiger partial charge in [-0.05, 0) is 36.5 Å². The summed E-state index contributed by atoms with van der Waals surface area (Å²) >= 11 is 0. The minimum Gasteiger partial charge on any atom is -0.606 e. The first-order valence-corrected chi connectivity index (χ1v) is 13.8. The van der Waals surface area contributed by atoms with Gasteiger partial charge >= 0.3 is 6.03 Å². The summed E-state index contributed by atoms with van der Waals surface area (Å²) in [6, 6.07) is 9.33. The maximum atomic E-state index is 13.4. The minimum absolute atomic E-state index is 0.0601. The molecule has 2 aliphatic heterocycles. The van der Waals surface area contributed by atoms with Gasteiger partial charge in [-0.25, -0.2) is 9.97 Å². The summed E-state index contributed by atoms with van der Waals surface area (Å²) in [5.41, 5.74) is 8.20. The fourth-order valence-corrected chi connectivity index (χ4v) is 6.70. The van der Waals surface area contributed by atoms with Crippen LogP contribution in [0.4, 0.5) is 10.5 Å². The van der Waals surface area contributed by atoms with Gasteiger partial charge in [0.05, 0.1) is 12.1 Å². The van der Waals surface area contributed by atoms with E-state index < -0.39 is 0 Å². The van der Waals surface area contributed by atoms with Crippen molar-refractivity contribution in [2.75, 3.05) is 18.5 Å². The molecule has 0 fully saturated rings. The minimum atomic E-state index is -0.243. The summed E-state index contributed by atoms with van der Waals surface area (Å²) in [5.74, 6) is 1.15. The Labute approximate surface area is 226 Å². The Morgan fingerprint density at radius 2 is 2.10 bits per heavy atom. The van der Waals surface area contributed by atoms with Crippen LogP contribution in [0.3, 0.4) is 0 Å². The Kier molecular flexibility index (Phi) is 5.57. The van der Waals surface area contributed by atoms with E-state index in [4.69, 9.17) is 4.99 Å². The number of amidine groups is 1. The summed E-state index contributed by atoms with van der Waals surface area (Å²) in [6.07, 6.45) is 10.1. The van der Waals surface area contributed by atoms with Crippen molar-refractivity contribution >= 4 is 51.9 Å². The van der Waals surface area contributed by atoms with E-state index in [1.807, 2.05) is 30.3 Å². The van der Waals surface area contributed by atoms with E-state index in [1.54, 1.807) is 11.9 Å². The van der Waals surface area contributed by atoms with E-state index >= 15 is 0 Å². The van der Waals surface area contributed by atoms with Gasteiger partial charge in [-0.1, -0.05) is 61.8 Å². The number of anilines is 1. The third-order valence-corrected chi connectivity index (χ3v) is 8.51. The van der Waals surface area contributed by atoms with Gasteiger partial charge in [-0.3, -0.25) is 15.2 Å². The highest BCUT2D eigenvalue weighted by Crippen LogP contribution is 2.35. The summed E-state index contributed by atoms with van der Waals surface area (Å²) in [4.78, 5) is 23.7. The normalized spacial score (nSPS) is 22.5. The number of nitrogens with one attached hydrogen (secondary N) is 3. The zero-order chi connectivity index (χ0) is 26.8. The SMILES string of the molecule is CCCC1C=Cc2c([nH]c3c4c(c5c(c23)C(NC(=O)N(C)c2ccccc2)=NC5)=C2C[NH+]([O-])N=C2C(C)C=4)C1. The molecule has 0 spiro atoms. The quantitative estimate of drug-likeness (QED) is 0.463. The number of allylic oxidation sites excluding steroid dienone is 1. The lowest BCUT2D eigenvalue weighted by Gasteiger charge is -2.20. The number of rotatable bonds is 3. The second-order valence-electron chi connectivity index (χ2n) is 11.0. The predicted molar refractivity (Wildman–Crippen MR) is 156 cm³/mol. The van der Waals surface area contributed by atoms with Gasteiger partial charge < -0.3 is 10.2 Å². The Morgan fingerprint density at radius 1 is 1.28 bits per heavy atom. The molecule has 39 heavy (non-hydrogen) atoms. The van der Waals surface area contributed by atoms with E-state index in [1.165, 1.54) is 11.3 Å². The lowest BCUT2D eigenvalue weighted by molar-refractivity contribution is -0.842. The summed E-state index contributed by atoms with van der Waals surface area (Å²) in [7, 11) is 1.76. The van der Waals surface area contributed by atoms with Crippen LogP contribution in [0.25, 0.3) is 28.6 Å². The van der Waals surface area contributed by atoms with Crippen LogP contribution in [0.5, 0.6) is 0 Å². The summed E-state index contributed by atoms with van der Waals surface area (Å²) in [5, 5.41) is 23.2. The van der Waals surface area contributed by atoms with Crippen molar-refractivity contribution in [1.82, 2.24) is 10.3 Å². The second kappa shape index (κ2) is 9.03. The van der Waals surface area contributed by atoms with Crippen LogP contribution in [-0.2, 0) is 13.0 Å². The van der Waals surface area contributed by atoms with Gasteiger partial charge in [0.25, 0.3) is 0 Å². The van der Waals surface area contributed by atoms with E-state index in [0.717, 1.165) is 68.7 Å². The molecule has 3 unspecified atom stereocenters. The molecule has 8 nitrogen and oxygen atoms in total. The number of para-hydroxylation sites is 1. The number of H-pyrrole nitrogens is 1. The molecule has 2 aromatic carbocycles. The number of urea groups is 1. The molecular formula is C31H32N6O2. The number of aliphatic imine (C=N–C) groups is 1. The molecule has 0 bridgehead atoms. The lowest BCUT2D eigenvalue weighted by Crippen LogP contribution is -3.00. The molecule has 3 heterocycles. The zero-order valence-corrected chi connectivity index (χ0v) is 22.5. The summed E-state index contributed by atoms with van der Waals surface area (Å²) in [6.45, 7) is 5.11. The van der Waals surface area contributed by atoms with Crippen molar-refractivity contribution in [3.05, 3.63) is 74.4 Å². The van der Waals surface area contributed by atoms with Crippen molar-refractivity contribution in [3.63, 3.8) is 0 Å². The van der Waals surface area contributed by atoms with Gasteiger partial charge in [0.2, 0.25) is 0 Å². The molecule has 0 saturated heterocycles. The third kappa shape index (κ3) is 3.70. The Morgan fingerprint density at radius 3 is 2.90 bits per heavy atom. The molecule has 0 radical (unpaired) electrons. The topological polar surface area (TPSA) is 100 Å². The van der Waals surface area contributed by atoms with Crippen molar-refractivity contribution in [2.45, 2.75) is 39.7 Å². The van der Waals surface area contributed by atoms with Gasteiger partial charge in [-0.15, -0.1) is 0 Å². The van der Waals surface area contributed by atoms with Crippen molar-refractivity contribution in [1.29, 1.82) is 0 Å². The first kappa shape index (κ1) is 24.1. The van der Waals surface area contributed by atoms with Crippen LogP contribution >= 0.6 is 0 Å². The smallest absolute Gasteiger partial charge is 0.327 e. The van der Waals surface area contributed by atoms with E-state index in [-0.39, 0.29) is 17.1 Å². The number of amides is 2. The van der Waals surface area contributed by atoms with E-state index in [9.17, 15) is 10.0 Å². The number of nitrogens with zero attached hydrogens (tertiary/aromatic N) is 3.